The number of ether oxygens (including phenoxy) is 1. The first-order valence-electron chi connectivity index (χ1n) is 6.08. The average Bonchev–Trinajstić information content (AvgIpc) is 2.43. The van der Waals surface area contributed by atoms with Crippen molar-refractivity contribution in [3.63, 3.8) is 0 Å². The number of aliphatic hydroxyl groups excluding tert-OH is 1. The van der Waals surface area contributed by atoms with Crippen LogP contribution >= 0.6 is 0 Å². The van der Waals surface area contributed by atoms with Gasteiger partial charge in [-0.2, -0.15) is 0 Å². The predicted octanol–water partition coefficient (Wildman–Crippen LogP) is 2.04. The quantitative estimate of drug-likeness (QED) is 0.691. The number of benzene rings is 2. The number of aromatic hydroxyl groups is 2. The van der Waals surface area contributed by atoms with Crippen LogP contribution in [-0.2, 0) is 4.74 Å². The van der Waals surface area contributed by atoms with Gasteiger partial charge in [0.05, 0.1) is 0 Å². The molecule has 2 aromatic rings. The van der Waals surface area contributed by atoms with Crippen LogP contribution in [-0.4, -0.2) is 21.3 Å². The van der Waals surface area contributed by atoms with Gasteiger partial charge in [-0.15, -0.1) is 0 Å². The van der Waals surface area contributed by atoms with Crippen LogP contribution in [0.3, 0.4) is 0 Å². The molecule has 2 aromatic carbocycles. The molecule has 0 fully saturated rings. The van der Waals surface area contributed by atoms with Crippen LogP contribution < -0.4 is 0 Å². The molecule has 1 aliphatic heterocycles. The number of carbonyl (C=O) groups excluding carboxylic acids is 1. The molecule has 2 atom stereocenters. The van der Waals surface area contributed by atoms with Crippen LogP contribution in [0.1, 0.15) is 33.7 Å². The van der Waals surface area contributed by atoms with Crippen molar-refractivity contribution in [1.82, 2.24) is 0 Å². The van der Waals surface area contributed by atoms with Crippen molar-refractivity contribution in [1.29, 1.82) is 0 Å². The maximum atomic E-state index is 12.0. The minimum atomic E-state index is -1.15. The largest absolute Gasteiger partial charge is 0.508 e. The van der Waals surface area contributed by atoms with E-state index in [1.807, 2.05) is 6.07 Å². The Morgan fingerprint density at radius 1 is 1.05 bits per heavy atom. The molecule has 102 valence electrons. The predicted molar refractivity (Wildman–Crippen MR) is 69.3 cm³/mol. The molecule has 5 heteroatoms. The Hall–Kier alpha value is -2.53. The summed E-state index contributed by atoms with van der Waals surface area (Å²) in [4.78, 5) is 12.0. The van der Waals surface area contributed by atoms with E-state index in [4.69, 9.17) is 4.74 Å². The molecular formula is C15H12O5. The van der Waals surface area contributed by atoms with E-state index >= 15 is 0 Å². The van der Waals surface area contributed by atoms with Gasteiger partial charge in [0.1, 0.15) is 23.2 Å². The fourth-order valence-corrected chi connectivity index (χ4v) is 2.38. The number of cyclic esters (lactones) is 1. The summed E-state index contributed by atoms with van der Waals surface area (Å²) in [5.41, 5.74) is 0.692. The molecule has 1 heterocycles. The first-order chi connectivity index (χ1) is 9.58. The van der Waals surface area contributed by atoms with E-state index in [1.54, 1.807) is 24.3 Å². The number of hydrogen-bond acceptors (Lipinski definition) is 5. The summed E-state index contributed by atoms with van der Waals surface area (Å²) in [6, 6.07) is 11.1. The molecule has 0 bridgehead atoms. The van der Waals surface area contributed by atoms with E-state index in [0.717, 1.165) is 6.07 Å². The Morgan fingerprint density at radius 3 is 2.45 bits per heavy atom. The number of fused-ring (bicyclic) bond motifs is 1. The number of hydrogen-bond donors (Lipinski definition) is 3. The smallest absolute Gasteiger partial charge is 0.343 e. The van der Waals surface area contributed by atoms with Gasteiger partial charge >= 0.3 is 5.97 Å². The van der Waals surface area contributed by atoms with Crippen LogP contribution in [0.2, 0.25) is 0 Å². The van der Waals surface area contributed by atoms with Gasteiger partial charge in [0.25, 0.3) is 0 Å². The fraction of sp³-hybridized carbons (Fsp3) is 0.133. The molecule has 3 N–H and O–H groups in total. The molecule has 2 unspecified atom stereocenters. The van der Waals surface area contributed by atoms with Crippen LogP contribution in [0, 0.1) is 0 Å². The first kappa shape index (κ1) is 12.5. The van der Waals surface area contributed by atoms with Crippen molar-refractivity contribution in [3.05, 3.63) is 59.2 Å². The molecule has 20 heavy (non-hydrogen) atoms. The maximum absolute atomic E-state index is 12.0. The fourth-order valence-electron chi connectivity index (χ4n) is 2.38. The van der Waals surface area contributed by atoms with E-state index in [-0.39, 0.29) is 16.9 Å². The zero-order chi connectivity index (χ0) is 14.3. The summed E-state index contributed by atoms with van der Waals surface area (Å²) in [5.74, 6) is -1.35. The van der Waals surface area contributed by atoms with Gasteiger partial charge in [-0.3, -0.25) is 0 Å². The molecule has 0 aliphatic carbocycles. The number of rotatable bonds is 1. The van der Waals surface area contributed by atoms with Gasteiger partial charge in [0.15, 0.2) is 6.10 Å². The molecule has 1 aliphatic rings. The lowest BCUT2D eigenvalue weighted by molar-refractivity contribution is -0.0311. The van der Waals surface area contributed by atoms with Crippen LogP contribution in [0.5, 0.6) is 11.5 Å². The van der Waals surface area contributed by atoms with Crippen LogP contribution in [0.4, 0.5) is 0 Å². The monoisotopic (exact) mass is 272 g/mol. The van der Waals surface area contributed by atoms with Crippen molar-refractivity contribution in [2.24, 2.45) is 0 Å². The molecule has 0 saturated heterocycles. The number of phenolic OH excluding ortho intramolecular Hbond substituents is 2. The highest BCUT2D eigenvalue weighted by molar-refractivity contribution is 5.95. The van der Waals surface area contributed by atoms with E-state index in [0.29, 0.717) is 5.56 Å². The lowest BCUT2D eigenvalue weighted by Crippen LogP contribution is -2.26. The molecule has 5 nitrogen and oxygen atoms in total. The van der Waals surface area contributed by atoms with Crippen molar-refractivity contribution in [2.75, 3.05) is 0 Å². The topological polar surface area (TPSA) is 87.0 Å². The summed E-state index contributed by atoms with van der Waals surface area (Å²) in [7, 11) is 0. The van der Waals surface area contributed by atoms with E-state index < -0.39 is 23.9 Å². The highest BCUT2D eigenvalue weighted by Gasteiger charge is 2.37. The summed E-state index contributed by atoms with van der Waals surface area (Å²) >= 11 is 0. The van der Waals surface area contributed by atoms with Crippen molar-refractivity contribution < 1.29 is 24.9 Å². The van der Waals surface area contributed by atoms with Crippen molar-refractivity contribution in [3.8, 4) is 11.5 Å². The minimum Gasteiger partial charge on any atom is -0.508 e. The van der Waals surface area contributed by atoms with Crippen LogP contribution in [0.25, 0.3) is 0 Å². The van der Waals surface area contributed by atoms with Crippen LogP contribution in [0.15, 0.2) is 42.5 Å². The lowest BCUT2D eigenvalue weighted by Gasteiger charge is -2.30. The van der Waals surface area contributed by atoms with Crippen molar-refractivity contribution in [2.45, 2.75) is 12.2 Å². The second kappa shape index (κ2) is 4.54. The summed E-state index contributed by atoms with van der Waals surface area (Å²) < 4.78 is 5.20. The summed E-state index contributed by atoms with van der Waals surface area (Å²) in [6.45, 7) is 0. The Kier molecular flexibility index (Phi) is 2.84. The highest BCUT2D eigenvalue weighted by atomic mass is 16.6. The molecule has 0 spiro atoms. The lowest BCUT2D eigenvalue weighted by atomic mass is 9.91. The number of esters is 1. The standard InChI is InChI=1S/C15H12O5/c16-9-6-10-12(11(17)7-9)15(19)20-14(13(10)18)8-4-2-1-3-5-8/h1-7,13-14,16-18H. The number of carbonyl (C=O) groups is 1. The molecule has 0 aromatic heterocycles. The first-order valence-corrected chi connectivity index (χ1v) is 6.08. The zero-order valence-corrected chi connectivity index (χ0v) is 10.4. The third-order valence-electron chi connectivity index (χ3n) is 3.30. The third-order valence-corrected chi connectivity index (χ3v) is 3.30. The SMILES string of the molecule is O=C1OC(c2ccccc2)C(O)c2cc(O)cc(O)c21. The maximum Gasteiger partial charge on any atom is 0.343 e. The average molecular weight is 272 g/mol. The molecule has 0 saturated carbocycles. The van der Waals surface area contributed by atoms with Gasteiger partial charge in [-0.1, -0.05) is 30.3 Å². The van der Waals surface area contributed by atoms with E-state index in [1.165, 1.54) is 6.07 Å². The Morgan fingerprint density at radius 2 is 1.75 bits per heavy atom. The normalized spacial score (nSPS) is 21.1. The third kappa shape index (κ3) is 1.88. The second-order valence-electron chi connectivity index (χ2n) is 4.61. The second-order valence-corrected chi connectivity index (χ2v) is 4.61. The number of aliphatic hydroxyl groups is 1. The molecular weight excluding hydrogens is 260 g/mol. The van der Waals surface area contributed by atoms with E-state index in [9.17, 15) is 20.1 Å². The van der Waals surface area contributed by atoms with Gasteiger partial charge in [-0.05, 0) is 11.6 Å². The van der Waals surface area contributed by atoms with Gasteiger partial charge in [-0.25, -0.2) is 4.79 Å². The highest BCUT2D eigenvalue weighted by Crippen LogP contribution is 2.43. The Balaban J connectivity index is 2.11. The van der Waals surface area contributed by atoms with Crippen molar-refractivity contribution >= 4 is 5.97 Å². The Labute approximate surface area is 114 Å². The summed E-state index contributed by atoms with van der Waals surface area (Å²) in [5, 5.41) is 29.6. The number of phenols is 2. The van der Waals surface area contributed by atoms with E-state index in [2.05, 4.69) is 0 Å². The molecule has 0 amide bonds. The molecule has 3 rings (SSSR count). The minimum absolute atomic E-state index is 0.109. The van der Waals surface area contributed by atoms with Gasteiger partial charge < -0.3 is 20.1 Å². The Bertz CT molecular complexity index is 665. The molecule has 0 radical (unpaired) electrons. The summed E-state index contributed by atoms with van der Waals surface area (Å²) in [6.07, 6.45) is -2.01. The van der Waals surface area contributed by atoms with Gasteiger partial charge in [0.2, 0.25) is 0 Å². The van der Waals surface area contributed by atoms with Gasteiger partial charge in [0, 0.05) is 11.6 Å². The zero-order valence-electron chi connectivity index (χ0n) is 10.4.